The van der Waals surface area contributed by atoms with Crippen LogP contribution in [0.3, 0.4) is 0 Å². The molecule has 0 saturated heterocycles. The fraction of sp³-hybridized carbons (Fsp3) is 0.520. The molecule has 3 heterocycles. The Morgan fingerprint density at radius 2 is 2.08 bits per heavy atom. The summed E-state index contributed by atoms with van der Waals surface area (Å²) in [6.07, 6.45) is 3.83. The summed E-state index contributed by atoms with van der Waals surface area (Å²) in [5, 5.41) is 23.9. The molecule has 1 aliphatic carbocycles. The monoisotopic (exact) mass is 512 g/mol. The van der Waals surface area contributed by atoms with Crippen molar-refractivity contribution in [2.75, 3.05) is 17.2 Å². The molecule has 37 heavy (non-hydrogen) atoms. The lowest BCUT2D eigenvalue weighted by Gasteiger charge is -2.27. The molecule has 198 valence electrons. The van der Waals surface area contributed by atoms with Gasteiger partial charge in [0.2, 0.25) is 5.95 Å². The number of carboxylic acid groups (broad SMARTS) is 1. The molecule has 1 aliphatic rings. The van der Waals surface area contributed by atoms with Crippen LogP contribution < -0.4 is 15.4 Å². The van der Waals surface area contributed by atoms with E-state index in [1.807, 2.05) is 32.9 Å². The van der Waals surface area contributed by atoms with Gasteiger partial charge in [-0.1, -0.05) is 19.1 Å². The van der Waals surface area contributed by atoms with E-state index in [-0.39, 0.29) is 23.8 Å². The molecule has 11 nitrogen and oxygen atoms in total. The predicted molar refractivity (Wildman–Crippen MR) is 136 cm³/mol. The summed E-state index contributed by atoms with van der Waals surface area (Å²) in [5.74, 6) is -0.252. The molecular weight excluding hydrogens is 479 g/mol. The zero-order valence-electron chi connectivity index (χ0n) is 21.5. The summed E-state index contributed by atoms with van der Waals surface area (Å²) in [6.45, 7) is 6.80. The van der Waals surface area contributed by atoms with Gasteiger partial charge >= 0.3 is 5.97 Å². The Hall–Kier alpha value is -3.83. The fourth-order valence-corrected chi connectivity index (χ4v) is 4.27. The number of carbonyl (C=O) groups is 1. The second-order valence-electron chi connectivity index (χ2n) is 9.75. The van der Waals surface area contributed by atoms with Crippen LogP contribution >= 0.6 is 0 Å². The zero-order chi connectivity index (χ0) is 26.5. The number of ether oxygens (including phenoxy) is 1. The molecule has 0 aromatic carbocycles. The van der Waals surface area contributed by atoms with E-state index in [2.05, 4.69) is 35.9 Å². The average Bonchev–Trinajstić information content (AvgIpc) is 3.24. The maximum Gasteiger partial charge on any atom is 0.306 e. The van der Waals surface area contributed by atoms with Gasteiger partial charge in [-0.2, -0.15) is 4.98 Å². The van der Waals surface area contributed by atoms with Crippen LogP contribution in [-0.2, 0) is 18.4 Å². The first kappa shape index (κ1) is 26.2. The van der Waals surface area contributed by atoms with E-state index in [9.17, 15) is 14.3 Å². The molecule has 0 amide bonds. The zero-order valence-corrected chi connectivity index (χ0v) is 21.5. The number of aliphatic carboxylic acids is 1. The highest BCUT2D eigenvalue weighted by atomic mass is 19.1. The van der Waals surface area contributed by atoms with Crippen molar-refractivity contribution < 1.29 is 19.0 Å². The van der Waals surface area contributed by atoms with Crippen LogP contribution in [0.5, 0.6) is 5.75 Å². The van der Waals surface area contributed by atoms with Crippen molar-refractivity contribution in [2.24, 2.45) is 18.9 Å². The lowest BCUT2D eigenvalue weighted by Crippen LogP contribution is -2.29. The molecule has 12 heteroatoms. The SMILES string of the molecule is Cc1nc(-c2nnn(C)c2CNc2ncc(F)c(NCC(C)C)n2)ccc1O[C@H]1CCC[C@H](C(=O)O)C1. The van der Waals surface area contributed by atoms with Crippen LogP contribution in [-0.4, -0.2) is 53.7 Å². The molecule has 0 radical (unpaired) electrons. The number of aromatic nitrogens is 6. The van der Waals surface area contributed by atoms with E-state index >= 15 is 0 Å². The largest absolute Gasteiger partial charge is 0.489 e. The van der Waals surface area contributed by atoms with Crippen molar-refractivity contribution in [3.8, 4) is 17.1 Å². The van der Waals surface area contributed by atoms with Crippen LogP contribution in [0.2, 0.25) is 0 Å². The number of nitrogens with zero attached hydrogens (tertiary/aromatic N) is 6. The maximum absolute atomic E-state index is 14.1. The molecule has 0 spiro atoms. The molecule has 1 saturated carbocycles. The van der Waals surface area contributed by atoms with Gasteiger partial charge in [0.1, 0.15) is 11.4 Å². The van der Waals surface area contributed by atoms with Gasteiger partial charge in [0.15, 0.2) is 11.6 Å². The number of nitrogens with one attached hydrogen (secondary N) is 2. The number of hydrogen-bond donors (Lipinski definition) is 3. The van der Waals surface area contributed by atoms with Gasteiger partial charge in [-0.05, 0) is 50.7 Å². The summed E-state index contributed by atoms with van der Waals surface area (Å²) in [7, 11) is 1.78. The van der Waals surface area contributed by atoms with Gasteiger partial charge in [-0.15, -0.1) is 5.10 Å². The van der Waals surface area contributed by atoms with E-state index in [1.165, 1.54) is 0 Å². The Bertz CT molecular complexity index is 1250. The van der Waals surface area contributed by atoms with Crippen molar-refractivity contribution in [1.82, 2.24) is 29.9 Å². The summed E-state index contributed by atoms with van der Waals surface area (Å²) >= 11 is 0. The van der Waals surface area contributed by atoms with Crippen molar-refractivity contribution in [1.29, 1.82) is 0 Å². The molecule has 0 aliphatic heterocycles. The summed E-state index contributed by atoms with van der Waals surface area (Å²) in [6, 6.07) is 3.65. The standard InChI is InChI=1S/C25H33FN8O3/c1-14(2)11-27-23-18(26)12-28-25(31-23)29-13-20-22(32-33-34(20)4)19-8-9-21(15(3)30-19)37-17-7-5-6-16(10-17)24(35)36/h8-9,12,14,16-17H,5-7,10-11,13H2,1-4H3,(H,35,36)(H2,27,28,29,31)/t16-,17-/m0/s1. The molecule has 3 N–H and O–H groups in total. The quantitative estimate of drug-likeness (QED) is 0.367. The minimum Gasteiger partial charge on any atom is -0.489 e. The van der Waals surface area contributed by atoms with Crippen molar-refractivity contribution in [3.05, 3.63) is 35.5 Å². The minimum absolute atomic E-state index is 0.145. The van der Waals surface area contributed by atoms with Crippen molar-refractivity contribution >= 4 is 17.7 Å². The lowest BCUT2D eigenvalue weighted by atomic mass is 9.87. The van der Waals surface area contributed by atoms with Crippen LogP contribution in [0.4, 0.5) is 16.2 Å². The molecule has 4 rings (SSSR count). The van der Waals surface area contributed by atoms with E-state index in [0.29, 0.717) is 54.7 Å². The van der Waals surface area contributed by atoms with Crippen molar-refractivity contribution in [2.45, 2.75) is 59.1 Å². The van der Waals surface area contributed by atoms with Gasteiger partial charge in [-0.25, -0.2) is 19.0 Å². The molecule has 0 unspecified atom stereocenters. The number of anilines is 2. The molecule has 0 bridgehead atoms. The Morgan fingerprint density at radius 3 is 2.81 bits per heavy atom. The topological polar surface area (TPSA) is 140 Å². The van der Waals surface area contributed by atoms with Gasteiger partial charge in [0.05, 0.1) is 41.8 Å². The highest BCUT2D eigenvalue weighted by Crippen LogP contribution is 2.30. The first-order valence-electron chi connectivity index (χ1n) is 12.5. The number of carboxylic acids is 1. The van der Waals surface area contributed by atoms with E-state index in [4.69, 9.17) is 4.74 Å². The number of hydrogen-bond acceptors (Lipinski definition) is 9. The Kier molecular flexibility index (Phi) is 8.14. The van der Waals surface area contributed by atoms with Gasteiger partial charge < -0.3 is 20.5 Å². The van der Waals surface area contributed by atoms with Gasteiger partial charge in [-0.3, -0.25) is 4.79 Å². The Morgan fingerprint density at radius 1 is 1.27 bits per heavy atom. The Balaban J connectivity index is 1.46. The summed E-state index contributed by atoms with van der Waals surface area (Å²) in [5.41, 5.74) is 2.65. The number of halogens is 1. The number of aryl methyl sites for hydroxylation is 2. The van der Waals surface area contributed by atoms with Crippen molar-refractivity contribution in [3.63, 3.8) is 0 Å². The van der Waals surface area contributed by atoms with E-state index < -0.39 is 11.8 Å². The summed E-state index contributed by atoms with van der Waals surface area (Å²) in [4.78, 5) is 24.3. The smallest absolute Gasteiger partial charge is 0.306 e. The molecule has 3 aromatic heterocycles. The average molecular weight is 513 g/mol. The predicted octanol–water partition coefficient (Wildman–Crippen LogP) is 3.82. The van der Waals surface area contributed by atoms with Crippen LogP contribution in [0.15, 0.2) is 18.3 Å². The third-order valence-corrected chi connectivity index (χ3v) is 6.33. The maximum atomic E-state index is 14.1. The van der Waals surface area contributed by atoms with E-state index in [0.717, 1.165) is 24.7 Å². The highest BCUT2D eigenvalue weighted by molar-refractivity contribution is 5.70. The second-order valence-corrected chi connectivity index (χ2v) is 9.75. The van der Waals surface area contributed by atoms with Gasteiger partial charge in [0, 0.05) is 13.6 Å². The highest BCUT2D eigenvalue weighted by Gasteiger charge is 2.28. The van der Waals surface area contributed by atoms with Crippen LogP contribution in [0, 0.1) is 24.6 Å². The molecule has 1 fully saturated rings. The molecular formula is C25H33FN8O3. The van der Waals surface area contributed by atoms with E-state index in [1.54, 1.807) is 11.7 Å². The first-order valence-corrected chi connectivity index (χ1v) is 12.5. The normalized spacial score (nSPS) is 17.6. The lowest BCUT2D eigenvalue weighted by molar-refractivity contribution is -0.143. The third-order valence-electron chi connectivity index (χ3n) is 6.33. The third kappa shape index (κ3) is 6.49. The van der Waals surface area contributed by atoms with Gasteiger partial charge in [0.25, 0.3) is 0 Å². The number of pyridine rings is 1. The number of rotatable bonds is 10. The first-order chi connectivity index (χ1) is 17.7. The molecule has 2 atom stereocenters. The Labute approximate surface area is 214 Å². The molecule has 3 aromatic rings. The van der Waals surface area contributed by atoms with Crippen LogP contribution in [0.25, 0.3) is 11.4 Å². The second kappa shape index (κ2) is 11.5. The minimum atomic E-state index is -0.767. The summed E-state index contributed by atoms with van der Waals surface area (Å²) < 4.78 is 21.8. The fourth-order valence-electron chi connectivity index (χ4n) is 4.27. The van der Waals surface area contributed by atoms with Crippen LogP contribution in [0.1, 0.15) is 50.9 Å².